The van der Waals surface area contributed by atoms with Crippen molar-refractivity contribution < 1.29 is 14.6 Å². The van der Waals surface area contributed by atoms with Crippen molar-refractivity contribution in [3.05, 3.63) is 11.6 Å². The van der Waals surface area contributed by atoms with Gasteiger partial charge >= 0.3 is 0 Å². The third-order valence-electron chi connectivity index (χ3n) is 2.11. The molecule has 1 N–H and O–H groups in total. The van der Waals surface area contributed by atoms with Crippen LogP contribution < -0.4 is 0 Å². The molecular formula is C10H18O3. The molecule has 1 fully saturated rings. The number of rotatable bonds is 3. The molecule has 3 nitrogen and oxygen atoms in total. The molecule has 1 aliphatic heterocycles. The first-order chi connectivity index (χ1) is 6.07. The Morgan fingerprint density at radius 3 is 2.69 bits per heavy atom. The molecule has 0 amide bonds. The van der Waals surface area contributed by atoms with Crippen LogP contribution in [0.15, 0.2) is 11.6 Å². The summed E-state index contributed by atoms with van der Waals surface area (Å²) < 4.78 is 11.0. The van der Waals surface area contributed by atoms with Crippen LogP contribution in [0.25, 0.3) is 0 Å². The van der Waals surface area contributed by atoms with Gasteiger partial charge in [0.25, 0.3) is 0 Å². The first-order valence-corrected chi connectivity index (χ1v) is 4.69. The number of aliphatic hydroxyl groups is 1. The summed E-state index contributed by atoms with van der Waals surface area (Å²) in [6.45, 7) is 6.49. The van der Waals surface area contributed by atoms with E-state index in [1.54, 1.807) is 0 Å². The topological polar surface area (TPSA) is 38.7 Å². The minimum atomic E-state index is -0.477. The Balaban J connectivity index is 2.51. The summed E-state index contributed by atoms with van der Waals surface area (Å²) in [4.78, 5) is 0. The molecule has 0 bridgehead atoms. The van der Waals surface area contributed by atoms with Gasteiger partial charge in [-0.25, -0.2) is 0 Å². The molecule has 1 rings (SSSR count). The molecule has 1 heterocycles. The van der Waals surface area contributed by atoms with Crippen LogP contribution in [0.2, 0.25) is 0 Å². The zero-order chi connectivity index (χ0) is 9.90. The molecule has 76 valence electrons. The van der Waals surface area contributed by atoms with E-state index in [1.807, 2.05) is 26.8 Å². The number of aliphatic hydroxyl groups excluding tert-OH is 1. The fourth-order valence-corrected chi connectivity index (χ4v) is 1.34. The number of ether oxygens (including phenoxy) is 2. The van der Waals surface area contributed by atoms with Crippen molar-refractivity contribution in [2.75, 3.05) is 13.2 Å². The largest absolute Gasteiger partial charge is 0.392 e. The summed E-state index contributed by atoms with van der Waals surface area (Å²) in [7, 11) is 0. The zero-order valence-electron chi connectivity index (χ0n) is 8.54. The molecule has 1 atom stereocenters. The Labute approximate surface area is 79.3 Å². The Morgan fingerprint density at radius 1 is 1.62 bits per heavy atom. The molecule has 0 aromatic heterocycles. The Bertz CT molecular complexity index is 190. The van der Waals surface area contributed by atoms with Crippen molar-refractivity contribution in [3.8, 4) is 0 Å². The van der Waals surface area contributed by atoms with E-state index in [0.29, 0.717) is 6.61 Å². The second-order valence-corrected chi connectivity index (χ2v) is 3.70. The van der Waals surface area contributed by atoms with Gasteiger partial charge in [-0.2, -0.15) is 0 Å². The first-order valence-electron chi connectivity index (χ1n) is 4.69. The predicted molar refractivity (Wildman–Crippen MR) is 50.4 cm³/mol. The van der Waals surface area contributed by atoms with E-state index in [0.717, 1.165) is 12.0 Å². The molecule has 0 saturated carbocycles. The number of hydrogen-bond acceptors (Lipinski definition) is 3. The van der Waals surface area contributed by atoms with E-state index < -0.39 is 5.79 Å². The van der Waals surface area contributed by atoms with Crippen molar-refractivity contribution >= 4 is 0 Å². The third-order valence-corrected chi connectivity index (χ3v) is 2.11. The molecule has 0 spiro atoms. The highest BCUT2D eigenvalue weighted by atomic mass is 16.7. The van der Waals surface area contributed by atoms with Crippen LogP contribution in [0, 0.1) is 0 Å². The minimum Gasteiger partial charge on any atom is -0.392 e. The van der Waals surface area contributed by atoms with Crippen molar-refractivity contribution in [1.29, 1.82) is 0 Å². The summed E-state index contributed by atoms with van der Waals surface area (Å²) in [5.74, 6) is -0.477. The van der Waals surface area contributed by atoms with Crippen molar-refractivity contribution in [3.63, 3.8) is 0 Å². The van der Waals surface area contributed by atoms with Gasteiger partial charge in [0.15, 0.2) is 5.79 Å². The highest BCUT2D eigenvalue weighted by molar-refractivity contribution is 5.06. The lowest BCUT2D eigenvalue weighted by Gasteiger charge is -2.16. The van der Waals surface area contributed by atoms with Crippen molar-refractivity contribution in [1.82, 2.24) is 0 Å². The van der Waals surface area contributed by atoms with Crippen molar-refractivity contribution in [2.45, 2.75) is 39.1 Å². The van der Waals surface area contributed by atoms with Gasteiger partial charge in [0, 0.05) is 0 Å². The molecular weight excluding hydrogens is 168 g/mol. The summed E-state index contributed by atoms with van der Waals surface area (Å²) in [6, 6.07) is 0. The Hall–Kier alpha value is -0.380. The van der Waals surface area contributed by atoms with Crippen LogP contribution in [-0.2, 0) is 9.47 Å². The molecule has 1 aliphatic rings. The SMILES string of the molecule is CC/C(=C/[C@H]1COC(C)(C)O1)CO. The van der Waals surface area contributed by atoms with Crippen LogP contribution in [-0.4, -0.2) is 30.2 Å². The van der Waals surface area contributed by atoms with E-state index in [-0.39, 0.29) is 12.7 Å². The van der Waals surface area contributed by atoms with Gasteiger partial charge in [-0.3, -0.25) is 0 Å². The van der Waals surface area contributed by atoms with Crippen LogP contribution in [0.4, 0.5) is 0 Å². The summed E-state index contributed by atoms with van der Waals surface area (Å²) in [6.07, 6.45) is 2.81. The van der Waals surface area contributed by atoms with Gasteiger partial charge in [-0.15, -0.1) is 0 Å². The summed E-state index contributed by atoms with van der Waals surface area (Å²) in [5.41, 5.74) is 1.01. The van der Waals surface area contributed by atoms with Gasteiger partial charge in [-0.1, -0.05) is 13.0 Å². The van der Waals surface area contributed by atoms with Crippen LogP contribution in [0.3, 0.4) is 0 Å². The lowest BCUT2D eigenvalue weighted by Crippen LogP contribution is -2.21. The van der Waals surface area contributed by atoms with E-state index in [1.165, 1.54) is 0 Å². The Kier molecular flexibility index (Phi) is 3.47. The maximum absolute atomic E-state index is 8.95. The van der Waals surface area contributed by atoms with Crippen LogP contribution >= 0.6 is 0 Å². The van der Waals surface area contributed by atoms with E-state index in [2.05, 4.69) is 0 Å². The highest BCUT2D eigenvalue weighted by Gasteiger charge is 2.31. The van der Waals surface area contributed by atoms with Gasteiger partial charge in [0.2, 0.25) is 0 Å². The average molecular weight is 186 g/mol. The average Bonchev–Trinajstić information content (AvgIpc) is 2.41. The van der Waals surface area contributed by atoms with Crippen LogP contribution in [0.5, 0.6) is 0 Å². The molecule has 1 saturated heterocycles. The Morgan fingerprint density at radius 2 is 2.31 bits per heavy atom. The smallest absolute Gasteiger partial charge is 0.163 e. The van der Waals surface area contributed by atoms with Crippen LogP contribution in [0.1, 0.15) is 27.2 Å². The van der Waals surface area contributed by atoms with E-state index >= 15 is 0 Å². The lowest BCUT2D eigenvalue weighted by atomic mass is 10.1. The van der Waals surface area contributed by atoms with Gasteiger partial charge in [-0.05, 0) is 25.8 Å². The molecule has 0 radical (unpaired) electrons. The highest BCUT2D eigenvalue weighted by Crippen LogP contribution is 2.23. The molecule has 0 aliphatic carbocycles. The maximum atomic E-state index is 8.95. The van der Waals surface area contributed by atoms with Gasteiger partial charge in [0.05, 0.1) is 13.2 Å². The second kappa shape index (κ2) is 4.22. The number of hydrogen-bond donors (Lipinski definition) is 1. The lowest BCUT2D eigenvalue weighted by molar-refractivity contribution is -0.133. The minimum absolute atomic E-state index is 0.00269. The predicted octanol–water partition coefficient (Wildman–Crippen LogP) is 1.47. The standard InChI is InChI=1S/C10H18O3/c1-4-8(6-11)5-9-7-12-10(2,3)13-9/h5,9,11H,4,6-7H2,1-3H3/b8-5-/t9-/m0/s1. The fourth-order valence-electron chi connectivity index (χ4n) is 1.34. The molecule has 0 aromatic rings. The van der Waals surface area contributed by atoms with Crippen molar-refractivity contribution in [2.24, 2.45) is 0 Å². The van der Waals surface area contributed by atoms with E-state index in [9.17, 15) is 0 Å². The summed E-state index contributed by atoms with van der Waals surface area (Å²) in [5, 5.41) is 8.95. The summed E-state index contributed by atoms with van der Waals surface area (Å²) >= 11 is 0. The molecule has 0 unspecified atom stereocenters. The first kappa shape index (κ1) is 10.7. The molecule has 3 heteroatoms. The maximum Gasteiger partial charge on any atom is 0.163 e. The van der Waals surface area contributed by atoms with Gasteiger partial charge < -0.3 is 14.6 Å². The molecule has 0 aromatic carbocycles. The van der Waals surface area contributed by atoms with E-state index in [4.69, 9.17) is 14.6 Å². The quantitative estimate of drug-likeness (QED) is 0.678. The van der Waals surface area contributed by atoms with Gasteiger partial charge in [0.1, 0.15) is 6.10 Å². The normalized spacial score (nSPS) is 28.0. The third kappa shape index (κ3) is 3.10. The monoisotopic (exact) mass is 186 g/mol. The molecule has 13 heavy (non-hydrogen) atoms. The second-order valence-electron chi connectivity index (χ2n) is 3.70. The zero-order valence-corrected chi connectivity index (χ0v) is 8.54. The fraction of sp³-hybridized carbons (Fsp3) is 0.800.